The number of carbonyl (C=O) groups is 1. The van der Waals surface area contributed by atoms with Gasteiger partial charge in [-0.3, -0.25) is 9.69 Å². The molecule has 2 aliphatic heterocycles. The summed E-state index contributed by atoms with van der Waals surface area (Å²) in [6.07, 6.45) is 1.11. The highest BCUT2D eigenvalue weighted by Crippen LogP contribution is 2.27. The molecule has 0 aliphatic carbocycles. The summed E-state index contributed by atoms with van der Waals surface area (Å²) in [4.78, 5) is 19.4. The van der Waals surface area contributed by atoms with Gasteiger partial charge in [-0.1, -0.05) is 19.0 Å². The van der Waals surface area contributed by atoms with E-state index in [9.17, 15) is 4.79 Å². The monoisotopic (exact) mass is 349 g/mol. The van der Waals surface area contributed by atoms with Crippen LogP contribution in [0.3, 0.4) is 0 Å². The molecule has 1 amide bonds. The first-order chi connectivity index (χ1) is 12.0. The van der Waals surface area contributed by atoms with E-state index >= 15 is 0 Å². The number of nitrogens with one attached hydrogen (secondary N) is 1. The van der Waals surface area contributed by atoms with Gasteiger partial charge in [-0.25, -0.2) is 0 Å². The number of likely N-dealkylation sites (tertiary alicyclic amines) is 1. The van der Waals surface area contributed by atoms with Crippen LogP contribution in [0, 0.1) is 5.41 Å². The van der Waals surface area contributed by atoms with E-state index in [2.05, 4.69) is 46.1 Å². The van der Waals surface area contributed by atoms with Crippen LogP contribution in [0.5, 0.6) is 0 Å². The fraction of sp³-hybridized carbons (Fsp3) is 0.778. The van der Waals surface area contributed by atoms with E-state index in [0.29, 0.717) is 12.2 Å². The molecular formula is C18H31N5O2. The smallest absolute Gasteiger partial charge is 0.273 e. The standard InChI is InChI=1S/C18H31N5O2/c1-4-22-7-9-23(10-8-22)12-15-11-16(20-25-15)17(24)19-13-18(2)5-6-21(3)14-18/h11H,4-10,12-14H2,1-3H3,(H,19,24)/t18-/m0/s1. The number of amides is 1. The Morgan fingerprint density at radius 1 is 1.28 bits per heavy atom. The molecule has 3 rings (SSSR count). The van der Waals surface area contributed by atoms with Gasteiger partial charge in [-0.2, -0.15) is 0 Å². The number of hydrogen-bond donors (Lipinski definition) is 1. The second-order valence-electron chi connectivity index (χ2n) is 7.87. The Bertz CT molecular complexity index is 582. The van der Waals surface area contributed by atoms with Crippen LogP contribution in [-0.2, 0) is 6.54 Å². The molecule has 0 spiro atoms. The van der Waals surface area contributed by atoms with Gasteiger partial charge in [0, 0.05) is 45.3 Å². The summed E-state index contributed by atoms with van der Waals surface area (Å²) in [5, 5.41) is 6.99. The van der Waals surface area contributed by atoms with Gasteiger partial charge in [0.25, 0.3) is 5.91 Å². The van der Waals surface area contributed by atoms with Crippen LogP contribution < -0.4 is 5.32 Å². The lowest BCUT2D eigenvalue weighted by Gasteiger charge is -2.33. The molecule has 3 heterocycles. The number of aromatic nitrogens is 1. The minimum absolute atomic E-state index is 0.137. The SMILES string of the molecule is CCN1CCN(Cc2cc(C(=O)NC[C@]3(C)CCN(C)C3)no2)CC1. The van der Waals surface area contributed by atoms with Crippen molar-refractivity contribution in [3.05, 3.63) is 17.5 Å². The van der Waals surface area contributed by atoms with Crippen LogP contribution in [-0.4, -0.2) is 85.2 Å². The zero-order chi connectivity index (χ0) is 17.9. The second kappa shape index (κ2) is 7.85. The number of piperazine rings is 1. The molecular weight excluding hydrogens is 318 g/mol. The lowest BCUT2D eigenvalue weighted by Crippen LogP contribution is -2.45. The van der Waals surface area contributed by atoms with Crippen LogP contribution in [0.25, 0.3) is 0 Å². The number of hydrogen-bond acceptors (Lipinski definition) is 6. The molecule has 2 fully saturated rings. The van der Waals surface area contributed by atoms with Gasteiger partial charge >= 0.3 is 0 Å². The predicted octanol–water partition coefficient (Wildman–Crippen LogP) is 0.884. The normalized spacial score (nSPS) is 26.2. The zero-order valence-electron chi connectivity index (χ0n) is 15.8. The van der Waals surface area contributed by atoms with Crippen molar-refractivity contribution < 1.29 is 9.32 Å². The fourth-order valence-corrected chi connectivity index (χ4v) is 3.78. The lowest BCUT2D eigenvalue weighted by molar-refractivity contribution is 0.0925. The number of carbonyl (C=O) groups excluding carboxylic acids is 1. The van der Waals surface area contributed by atoms with Crippen molar-refractivity contribution in [1.29, 1.82) is 0 Å². The van der Waals surface area contributed by atoms with E-state index in [1.165, 1.54) is 0 Å². The van der Waals surface area contributed by atoms with Crippen molar-refractivity contribution in [1.82, 2.24) is 25.2 Å². The highest BCUT2D eigenvalue weighted by Gasteiger charge is 2.32. The Hall–Kier alpha value is -1.44. The van der Waals surface area contributed by atoms with E-state index in [1.807, 2.05) is 0 Å². The highest BCUT2D eigenvalue weighted by molar-refractivity contribution is 5.92. The lowest BCUT2D eigenvalue weighted by atomic mass is 9.90. The van der Waals surface area contributed by atoms with Crippen molar-refractivity contribution >= 4 is 5.91 Å². The van der Waals surface area contributed by atoms with Crippen molar-refractivity contribution in [2.45, 2.75) is 26.8 Å². The second-order valence-corrected chi connectivity index (χ2v) is 7.87. The molecule has 1 aromatic heterocycles. The zero-order valence-corrected chi connectivity index (χ0v) is 15.8. The summed E-state index contributed by atoms with van der Waals surface area (Å²) in [6, 6.07) is 1.78. The van der Waals surface area contributed by atoms with E-state index in [1.54, 1.807) is 6.07 Å². The van der Waals surface area contributed by atoms with Crippen molar-refractivity contribution in [2.24, 2.45) is 5.41 Å². The minimum atomic E-state index is -0.137. The molecule has 0 radical (unpaired) electrons. The maximum Gasteiger partial charge on any atom is 0.273 e. The molecule has 0 aromatic carbocycles. The number of rotatable bonds is 6. The molecule has 0 saturated carbocycles. The van der Waals surface area contributed by atoms with E-state index in [4.69, 9.17) is 4.52 Å². The molecule has 0 bridgehead atoms. The van der Waals surface area contributed by atoms with Gasteiger partial charge in [0.15, 0.2) is 11.5 Å². The van der Waals surface area contributed by atoms with Crippen LogP contribution >= 0.6 is 0 Å². The maximum absolute atomic E-state index is 12.3. The van der Waals surface area contributed by atoms with Gasteiger partial charge < -0.3 is 19.6 Å². The molecule has 7 heteroatoms. The van der Waals surface area contributed by atoms with Crippen molar-refractivity contribution in [3.63, 3.8) is 0 Å². The van der Waals surface area contributed by atoms with Crippen molar-refractivity contribution in [3.8, 4) is 0 Å². The van der Waals surface area contributed by atoms with Crippen LogP contribution in [0.1, 0.15) is 36.5 Å². The number of likely N-dealkylation sites (N-methyl/N-ethyl adjacent to an activating group) is 1. The molecule has 2 saturated heterocycles. The average Bonchev–Trinajstić information content (AvgIpc) is 3.20. The molecule has 1 N–H and O–H groups in total. The Labute approximate surface area is 150 Å². The summed E-state index contributed by atoms with van der Waals surface area (Å²) in [7, 11) is 2.12. The Kier molecular flexibility index (Phi) is 5.76. The molecule has 0 unspecified atom stereocenters. The summed E-state index contributed by atoms with van der Waals surface area (Å²) < 4.78 is 5.38. The van der Waals surface area contributed by atoms with Crippen LogP contribution in [0.4, 0.5) is 0 Å². The third-order valence-electron chi connectivity index (χ3n) is 5.51. The van der Waals surface area contributed by atoms with Crippen molar-refractivity contribution in [2.75, 3.05) is 59.4 Å². The Morgan fingerprint density at radius 2 is 2.00 bits per heavy atom. The van der Waals surface area contributed by atoms with Crippen LogP contribution in [0.2, 0.25) is 0 Å². The molecule has 1 atom stereocenters. The summed E-state index contributed by atoms with van der Waals surface area (Å²) >= 11 is 0. The highest BCUT2D eigenvalue weighted by atomic mass is 16.5. The first-order valence-electron chi connectivity index (χ1n) is 9.34. The largest absolute Gasteiger partial charge is 0.359 e. The van der Waals surface area contributed by atoms with Gasteiger partial charge in [-0.05, 0) is 32.0 Å². The van der Waals surface area contributed by atoms with Gasteiger partial charge in [0.05, 0.1) is 6.54 Å². The minimum Gasteiger partial charge on any atom is -0.359 e. The third-order valence-corrected chi connectivity index (χ3v) is 5.51. The maximum atomic E-state index is 12.3. The van der Waals surface area contributed by atoms with Gasteiger partial charge in [-0.15, -0.1) is 0 Å². The predicted molar refractivity (Wildman–Crippen MR) is 96.4 cm³/mol. The molecule has 7 nitrogen and oxygen atoms in total. The van der Waals surface area contributed by atoms with Gasteiger partial charge in [0.1, 0.15) is 0 Å². The van der Waals surface area contributed by atoms with E-state index in [-0.39, 0.29) is 11.3 Å². The Balaban J connectivity index is 1.47. The summed E-state index contributed by atoms with van der Waals surface area (Å²) in [6.45, 7) is 13.3. The van der Waals surface area contributed by atoms with Crippen LogP contribution in [0.15, 0.2) is 10.6 Å². The average molecular weight is 349 g/mol. The quantitative estimate of drug-likeness (QED) is 0.823. The third kappa shape index (κ3) is 4.80. The van der Waals surface area contributed by atoms with E-state index < -0.39 is 0 Å². The molecule has 1 aromatic rings. The van der Waals surface area contributed by atoms with E-state index in [0.717, 1.165) is 64.5 Å². The first kappa shape index (κ1) is 18.4. The van der Waals surface area contributed by atoms with Gasteiger partial charge in [0.2, 0.25) is 0 Å². The molecule has 2 aliphatic rings. The fourth-order valence-electron chi connectivity index (χ4n) is 3.78. The summed E-state index contributed by atoms with van der Waals surface area (Å²) in [5.41, 5.74) is 0.535. The molecule has 25 heavy (non-hydrogen) atoms. The summed E-state index contributed by atoms with van der Waals surface area (Å²) in [5.74, 6) is 0.628. The number of nitrogens with zero attached hydrogens (tertiary/aromatic N) is 4. The first-order valence-corrected chi connectivity index (χ1v) is 9.34. The molecule has 140 valence electrons. The Morgan fingerprint density at radius 3 is 2.64 bits per heavy atom. The topological polar surface area (TPSA) is 64.8 Å².